The molecule has 2 rings (SSSR count). The van der Waals surface area contributed by atoms with Crippen LogP contribution >= 0.6 is 0 Å². The van der Waals surface area contributed by atoms with Crippen molar-refractivity contribution in [2.24, 2.45) is 0 Å². The molecule has 0 radical (unpaired) electrons. The minimum absolute atomic E-state index is 0.122. The molecular formula is C25H34N2O3. The van der Waals surface area contributed by atoms with E-state index in [-0.39, 0.29) is 24.0 Å². The van der Waals surface area contributed by atoms with Crippen LogP contribution in [-0.4, -0.2) is 34.9 Å². The average molecular weight is 411 g/mol. The highest BCUT2D eigenvalue weighted by atomic mass is 16.5. The van der Waals surface area contributed by atoms with Crippen molar-refractivity contribution in [1.29, 1.82) is 0 Å². The van der Waals surface area contributed by atoms with Gasteiger partial charge in [0.05, 0.1) is 0 Å². The second-order valence-electron chi connectivity index (χ2n) is 8.91. The van der Waals surface area contributed by atoms with Crippen LogP contribution in [0.5, 0.6) is 5.75 Å². The topological polar surface area (TPSA) is 58.6 Å². The van der Waals surface area contributed by atoms with E-state index < -0.39 is 6.04 Å². The maximum atomic E-state index is 13.1. The highest BCUT2D eigenvalue weighted by Gasteiger charge is 2.28. The SMILES string of the molecule is Cc1cccc(CN(C(=O)COc2cccc(C)c2C)C(C)C(=O)NC(C)(C)C)c1. The molecular weight excluding hydrogens is 376 g/mol. The summed E-state index contributed by atoms with van der Waals surface area (Å²) >= 11 is 0. The smallest absolute Gasteiger partial charge is 0.261 e. The predicted molar refractivity (Wildman–Crippen MR) is 120 cm³/mol. The molecule has 0 aromatic heterocycles. The summed E-state index contributed by atoms with van der Waals surface area (Å²) in [6.07, 6.45) is 0. The maximum absolute atomic E-state index is 13.1. The Balaban J connectivity index is 2.21. The van der Waals surface area contributed by atoms with Crippen molar-refractivity contribution >= 4 is 11.8 Å². The summed E-state index contributed by atoms with van der Waals surface area (Å²) < 4.78 is 5.83. The number of nitrogens with zero attached hydrogens (tertiary/aromatic N) is 1. The molecule has 0 aliphatic rings. The second kappa shape index (κ2) is 9.79. The van der Waals surface area contributed by atoms with Gasteiger partial charge in [0, 0.05) is 12.1 Å². The quantitative estimate of drug-likeness (QED) is 0.739. The van der Waals surface area contributed by atoms with Gasteiger partial charge in [0.1, 0.15) is 11.8 Å². The third-order valence-corrected chi connectivity index (χ3v) is 5.01. The summed E-state index contributed by atoms with van der Waals surface area (Å²) in [5.74, 6) is 0.273. The summed E-state index contributed by atoms with van der Waals surface area (Å²) in [6, 6.07) is 13.1. The Bertz CT molecular complexity index is 900. The number of ether oxygens (including phenoxy) is 1. The van der Waals surface area contributed by atoms with Gasteiger partial charge in [-0.2, -0.15) is 0 Å². The molecule has 2 aromatic carbocycles. The highest BCUT2D eigenvalue weighted by molar-refractivity contribution is 5.88. The lowest BCUT2D eigenvalue weighted by molar-refractivity contribution is -0.142. The number of carbonyl (C=O) groups is 2. The minimum Gasteiger partial charge on any atom is -0.483 e. The molecule has 5 heteroatoms. The van der Waals surface area contributed by atoms with Crippen LogP contribution in [0.3, 0.4) is 0 Å². The Hall–Kier alpha value is -2.82. The second-order valence-corrected chi connectivity index (χ2v) is 8.91. The van der Waals surface area contributed by atoms with Gasteiger partial charge < -0.3 is 15.0 Å². The van der Waals surface area contributed by atoms with Crippen LogP contribution in [-0.2, 0) is 16.1 Å². The van der Waals surface area contributed by atoms with Gasteiger partial charge in [0.15, 0.2) is 6.61 Å². The number of hydrogen-bond donors (Lipinski definition) is 1. The molecule has 162 valence electrons. The first-order chi connectivity index (χ1) is 14.0. The number of amides is 2. The Morgan fingerprint density at radius 3 is 2.37 bits per heavy atom. The van der Waals surface area contributed by atoms with E-state index in [9.17, 15) is 9.59 Å². The fourth-order valence-electron chi connectivity index (χ4n) is 3.17. The van der Waals surface area contributed by atoms with Crippen molar-refractivity contribution in [3.05, 3.63) is 64.7 Å². The fraction of sp³-hybridized carbons (Fsp3) is 0.440. The summed E-state index contributed by atoms with van der Waals surface area (Å²) in [6.45, 7) is 13.7. The van der Waals surface area contributed by atoms with Gasteiger partial charge in [-0.05, 0) is 71.2 Å². The van der Waals surface area contributed by atoms with E-state index in [0.29, 0.717) is 12.3 Å². The average Bonchev–Trinajstić information content (AvgIpc) is 2.65. The molecule has 1 unspecified atom stereocenters. The zero-order chi connectivity index (χ0) is 22.5. The first kappa shape index (κ1) is 23.5. The molecule has 0 bridgehead atoms. The molecule has 0 aliphatic carbocycles. The molecule has 0 spiro atoms. The number of hydrogen-bond acceptors (Lipinski definition) is 3. The first-order valence-corrected chi connectivity index (χ1v) is 10.3. The Labute approximate surface area is 180 Å². The van der Waals surface area contributed by atoms with E-state index in [1.165, 1.54) is 0 Å². The van der Waals surface area contributed by atoms with E-state index in [2.05, 4.69) is 5.32 Å². The van der Waals surface area contributed by atoms with E-state index >= 15 is 0 Å². The third kappa shape index (κ3) is 6.61. The number of nitrogens with one attached hydrogen (secondary N) is 1. The Morgan fingerprint density at radius 1 is 1.07 bits per heavy atom. The number of rotatable bonds is 7. The Morgan fingerprint density at radius 2 is 1.73 bits per heavy atom. The monoisotopic (exact) mass is 410 g/mol. The van der Waals surface area contributed by atoms with Crippen molar-refractivity contribution in [2.75, 3.05) is 6.61 Å². The number of aryl methyl sites for hydroxylation is 2. The highest BCUT2D eigenvalue weighted by Crippen LogP contribution is 2.21. The molecule has 2 aromatic rings. The van der Waals surface area contributed by atoms with Crippen molar-refractivity contribution in [3.63, 3.8) is 0 Å². The van der Waals surface area contributed by atoms with Crippen LogP contribution in [0.25, 0.3) is 0 Å². The molecule has 1 N–H and O–H groups in total. The van der Waals surface area contributed by atoms with Gasteiger partial charge in [-0.3, -0.25) is 9.59 Å². The number of carbonyl (C=O) groups excluding carboxylic acids is 2. The van der Waals surface area contributed by atoms with Gasteiger partial charge in [-0.15, -0.1) is 0 Å². The molecule has 2 amide bonds. The van der Waals surface area contributed by atoms with Crippen LogP contribution in [0.1, 0.15) is 49.9 Å². The molecule has 0 saturated carbocycles. The number of benzene rings is 2. The molecule has 0 heterocycles. The maximum Gasteiger partial charge on any atom is 0.261 e. The molecule has 0 fully saturated rings. The van der Waals surface area contributed by atoms with Crippen molar-refractivity contribution in [2.45, 2.75) is 66.6 Å². The lowest BCUT2D eigenvalue weighted by Crippen LogP contribution is -2.53. The molecule has 30 heavy (non-hydrogen) atoms. The predicted octanol–water partition coefficient (Wildman–Crippen LogP) is 4.32. The van der Waals surface area contributed by atoms with E-state index in [1.54, 1.807) is 11.8 Å². The molecule has 0 aliphatic heterocycles. The van der Waals surface area contributed by atoms with Crippen LogP contribution in [0.2, 0.25) is 0 Å². The third-order valence-electron chi connectivity index (χ3n) is 5.01. The normalized spacial score (nSPS) is 12.2. The summed E-state index contributed by atoms with van der Waals surface area (Å²) in [4.78, 5) is 27.5. The molecule has 5 nitrogen and oxygen atoms in total. The zero-order valence-corrected chi connectivity index (χ0v) is 19.2. The van der Waals surface area contributed by atoms with Crippen molar-refractivity contribution < 1.29 is 14.3 Å². The standard InChI is InChI=1S/C25H34N2O3/c1-17-10-8-12-21(14-17)15-27(20(4)24(29)26-25(5,6)7)23(28)16-30-22-13-9-11-18(2)19(22)3/h8-14,20H,15-16H2,1-7H3,(H,26,29). The summed E-state index contributed by atoms with van der Waals surface area (Å²) in [7, 11) is 0. The largest absolute Gasteiger partial charge is 0.483 e. The van der Waals surface area contributed by atoms with E-state index in [4.69, 9.17) is 4.74 Å². The van der Waals surface area contributed by atoms with Gasteiger partial charge in [0.2, 0.25) is 5.91 Å². The van der Waals surface area contributed by atoms with E-state index in [0.717, 1.165) is 22.3 Å². The van der Waals surface area contributed by atoms with E-state index in [1.807, 2.05) is 84.0 Å². The van der Waals surface area contributed by atoms with Gasteiger partial charge in [-0.25, -0.2) is 0 Å². The Kier molecular flexibility index (Phi) is 7.65. The van der Waals surface area contributed by atoms with Crippen LogP contribution in [0, 0.1) is 20.8 Å². The zero-order valence-electron chi connectivity index (χ0n) is 19.2. The lowest BCUT2D eigenvalue weighted by Gasteiger charge is -2.31. The van der Waals surface area contributed by atoms with Crippen LogP contribution in [0.4, 0.5) is 0 Å². The summed E-state index contributed by atoms with van der Waals surface area (Å²) in [5.41, 5.74) is 3.82. The van der Waals surface area contributed by atoms with Gasteiger partial charge in [0.25, 0.3) is 5.91 Å². The summed E-state index contributed by atoms with van der Waals surface area (Å²) in [5, 5.41) is 2.97. The lowest BCUT2D eigenvalue weighted by atomic mass is 10.1. The van der Waals surface area contributed by atoms with Gasteiger partial charge in [-0.1, -0.05) is 42.0 Å². The first-order valence-electron chi connectivity index (χ1n) is 10.3. The molecule has 0 saturated heterocycles. The van der Waals surface area contributed by atoms with Crippen LogP contribution in [0.15, 0.2) is 42.5 Å². The minimum atomic E-state index is -0.626. The van der Waals surface area contributed by atoms with Crippen molar-refractivity contribution in [1.82, 2.24) is 10.2 Å². The fourth-order valence-corrected chi connectivity index (χ4v) is 3.17. The van der Waals surface area contributed by atoms with Crippen molar-refractivity contribution in [3.8, 4) is 5.75 Å². The van der Waals surface area contributed by atoms with Crippen LogP contribution < -0.4 is 10.1 Å². The molecule has 1 atom stereocenters. The van der Waals surface area contributed by atoms with Gasteiger partial charge >= 0.3 is 0 Å².